The van der Waals surface area contributed by atoms with E-state index in [-0.39, 0.29) is 5.69 Å². The van der Waals surface area contributed by atoms with Gasteiger partial charge in [0.05, 0.1) is 18.1 Å². The number of imidazole rings is 1. The first kappa shape index (κ1) is 9.89. The number of hydrogen-bond acceptors (Lipinski definition) is 3. The first-order valence-electron chi connectivity index (χ1n) is 5.18. The summed E-state index contributed by atoms with van der Waals surface area (Å²) < 4.78 is 7.62. The molecule has 3 heterocycles. The molecule has 0 amide bonds. The van der Waals surface area contributed by atoms with Gasteiger partial charge in [-0.05, 0) is 30.7 Å². The maximum Gasteiger partial charge on any atom is 0.355 e. The van der Waals surface area contributed by atoms with Crippen molar-refractivity contribution in [2.75, 3.05) is 7.11 Å². The van der Waals surface area contributed by atoms with Gasteiger partial charge in [-0.2, -0.15) is 0 Å². The molecule has 5 nitrogen and oxygen atoms in total. The molecule has 0 atom stereocenters. The molecular formula is C12H10N2O3. The maximum atomic E-state index is 12.1. The third-order valence-corrected chi connectivity index (χ3v) is 2.98. The quantitative estimate of drug-likeness (QED) is 0.588. The SMILES string of the molecule is COC(=O)c1c(C)cc2c3cccn3c(=O)n12. The highest BCUT2D eigenvalue weighted by Gasteiger charge is 2.21. The number of hydrogen-bond donors (Lipinski definition) is 0. The normalized spacial score (nSPS) is 11.4. The van der Waals surface area contributed by atoms with Gasteiger partial charge < -0.3 is 4.74 Å². The van der Waals surface area contributed by atoms with E-state index in [1.165, 1.54) is 15.9 Å². The molecule has 0 fully saturated rings. The second-order valence-corrected chi connectivity index (χ2v) is 3.93. The van der Waals surface area contributed by atoms with Gasteiger partial charge in [-0.3, -0.25) is 8.80 Å². The third-order valence-electron chi connectivity index (χ3n) is 2.98. The van der Waals surface area contributed by atoms with Crippen LogP contribution in [0.2, 0.25) is 0 Å². The fraction of sp³-hybridized carbons (Fsp3) is 0.167. The van der Waals surface area contributed by atoms with Gasteiger partial charge in [0.1, 0.15) is 5.69 Å². The molecule has 3 aromatic rings. The standard InChI is InChI=1S/C12H10N2O3/c1-7-6-9-8-4-3-5-13(8)12(16)14(9)10(7)11(15)17-2/h3-6H,1-2H3. The summed E-state index contributed by atoms with van der Waals surface area (Å²) in [5.74, 6) is -0.493. The number of carbonyl (C=O) groups is 1. The molecule has 5 heteroatoms. The van der Waals surface area contributed by atoms with Gasteiger partial charge in [0.2, 0.25) is 0 Å². The zero-order valence-corrected chi connectivity index (χ0v) is 9.43. The predicted molar refractivity (Wildman–Crippen MR) is 61.9 cm³/mol. The molecule has 0 N–H and O–H groups in total. The van der Waals surface area contributed by atoms with E-state index >= 15 is 0 Å². The van der Waals surface area contributed by atoms with Crippen LogP contribution in [0.5, 0.6) is 0 Å². The van der Waals surface area contributed by atoms with Crippen molar-refractivity contribution >= 4 is 17.0 Å². The van der Waals surface area contributed by atoms with E-state index in [2.05, 4.69) is 0 Å². The first-order valence-corrected chi connectivity index (χ1v) is 5.18. The van der Waals surface area contributed by atoms with Crippen LogP contribution in [-0.2, 0) is 4.74 Å². The van der Waals surface area contributed by atoms with Crippen molar-refractivity contribution in [2.24, 2.45) is 0 Å². The average Bonchev–Trinajstić information content (AvgIpc) is 2.94. The van der Waals surface area contributed by atoms with Crippen LogP contribution in [0.3, 0.4) is 0 Å². The predicted octanol–water partition coefficient (Wildman–Crippen LogP) is 1.09. The van der Waals surface area contributed by atoms with Gasteiger partial charge in [0.15, 0.2) is 0 Å². The highest BCUT2D eigenvalue weighted by Crippen LogP contribution is 2.20. The molecule has 17 heavy (non-hydrogen) atoms. The largest absolute Gasteiger partial charge is 0.464 e. The number of aromatic nitrogens is 2. The number of esters is 1. The molecule has 3 rings (SSSR count). The first-order chi connectivity index (χ1) is 8.15. The highest BCUT2D eigenvalue weighted by molar-refractivity contribution is 5.93. The average molecular weight is 230 g/mol. The minimum Gasteiger partial charge on any atom is -0.464 e. The fourth-order valence-electron chi connectivity index (χ4n) is 2.24. The Balaban J connectivity index is 2.55. The van der Waals surface area contributed by atoms with Crippen LogP contribution in [0.25, 0.3) is 11.0 Å². The molecule has 0 aromatic carbocycles. The molecule has 0 saturated heterocycles. The van der Waals surface area contributed by atoms with E-state index < -0.39 is 5.97 Å². The number of ether oxygens (including phenoxy) is 1. The number of methoxy groups -OCH3 is 1. The summed E-state index contributed by atoms with van der Waals surface area (Å²) in [5.41, 5.74) is 2.34. The lowest BCUT2D eigenvalue weighted by Crippen LogP contribution is -2.19. The molecule has 0 aliphatic heterocycles. The van der Waals surface area contributed by atoms with Crippen LogP contribution in [0.15, 0.2) is 29.2 Å². The molecule has 0 aliphatic rings. The van der Waals surface area contributed by atoms with Crippen molar-refractivity contribution in [3.63, 3.8) is 0 Å². The van der Waals surface area contributed by atoms with Gasteiger partial charge in [0.25, 0.3) is 0 Å². The van der Waals surface area contributed by atoms with E-state index in [0.717, 1.165) is 16.6 Å². The Labute approximate surface area is 96.2 Å². The lowest BCUT2D eigenvalue weighted by Gasteiger charge is -1.98. The molecule has 0 spiro atoms. The van der Waals surface area contributed by atoms with Crippen LogP contribution >= 0.6 is 0 Å². The lowest BCUT2D eigenvalue weighted by atomic mass is 10.2. The zero-order chi connectivity index (χ0) is 12.2. The van der Waals surface area contributed by atoms with Crippen molar-refractivity contribution in [2.45, 2.75) is 6.92 Å². The zero-order valence-electron chi connectivity index (χ0n) is 9.43. The van der Waals surface area contributed by atoms with Crippen LogP contribution in [0, 0.1) is 6.92 Å². The van der Waals surface area contributed by atoms with E-state index in [1.54, 1.807) is 19.2 Å². The minimum atomic E-state index is -0.493. The summed E-state index contributed by atoms with van der Waals surface area (Å²) in [6.45, 7) is 1.79. The Hall–Kier alpha value is -2.30. The second-order valence-electron chi connectivity index (χ2n) is 3.93. The summed E-state index contributed by atoms with van der Waals surface area (Å²) >= 11 is 0. The molecular weight excluding hydrogens is 220 g/mol. The van der Waals surface area contributed by atoms with Crippen molar-refractivity contribution in [3.8, 4) is 0 Å². The summed E-state index contributed by atoms with van der Waals surface area (Å²) in [6.07, 6.45) is 1.68. The Morgan fingerprint density at radius 1 is 1.35 bits per heavy atom. The summed E-state index contributed by atoms with van der Waals surface area (Å²) in [5, 5.41) is 0. The van der Waals surface area contributed by atoms with Crippen molar-refractivity contribution in [1.29, 1.82) is 0 Å². The molecule has 3 aromatic heterocycles. The van der Waals surface area contributed by atoms with Crippen LogP contribution in [0.4, 0.5) is 0 Å². The van der Waals surface area contributed by atoms with Crippen molar-refractivity contribution in [3.05, 3.63) is 46.1 Å². The number of rotatable bonds is 1. The molecule has 86 valence electrons. The van der Waals surface area contributed by atoms with Gasteiger partial charge in [-0.1, -0.05) is 0 Å². The Kier molecular flexibility index (Phi) is 1.80. The topological polar surface area (TPSA) is 52.2 Å². The molecule has 0 radical (unpaired) electrons. The number of fused-ring (bicyclic) bond motifs is 3. The summed E-state index contributed by atoms with van der Waals surface area (Å²) in [7, 11) is 1.31. The summed E-state index contributed by atoms with van der Waals surface area (Å²) in [4.78, 5) is 23.8. The molecule has 0 bridgehead atoms. The second kappa shape index (κ2) is 3.10. The Morgan fingerprint density at radius 2 is 2.12 bits per heavy atom. The van der Waals surface area contributed by atoms with E-state index in [4.69, 9.17) is 4.74 Å². The lowest BCUT2D eigenvalue weighted by molar-refractivity contribution is 0.0591. The van der Waals surface area contributed by atoms with Gasteiger partial charge in [-0.25, -0.2) is 9.59 Å². The smallest absolute Gasteiger partial charge is 0.355 e. The van der Waals surface area contributed by atoms with Crippen molar-refractivity contribution in [1.82, 2.24) is 8.80 Å². The van der Waals surface area contributed by atoms with Crippen LogP contribution in [-0.4, -0.2) is 21.9 Å². The number of aryl methyl sites for hydroxylation is 1. The Morgan fingerprint density at radius 3 is 2.82 bits per heavy atom. The van der Waals surface area contributed by atoms with Crippen molar-refractivity contribution < 1.29 is 9.53 Å². The third kappa shape index (κ3) is 1.08. The highest BCUT2D eigenvalue weighted by atomic mass is 16.5. The van der Waals surface area contributed by atoms with E-state index in [9.17, 15) is 9.59 Å². The van der Waals surface area contributed by atoms with Gasteiger partial charge in [0, 0.05) is 6.20 Å². The van der Waals surface area contributed by atoms with E-state index in [1.807, 2.05) is 12.1 Å². The fourth-order valence-corrected chi connectivity index (χ4v) is 2.24. The van der Waals surface area contributed by atoms with E-state index in [0.29, 0.717) is 5.69 Å². The van der Waals surface area contributed by atoms with Gasteiger partial charge >= 0.3 is 11.7 Å². The molecule has 0 aliphatic carbocycles. The molecule has 0 saturated carbocycles. The van der Waals surface area contributed by atoms with Crippen LogP contribution in [0.1, 0.15) is 16.1 Å². The van der Waals surface area contributed by atoms with Crippen LogP contribution < -0.4 is 5.69 Å². The number of nitrogens with zero attached hydrogens (tertiary/aromatic N) is 2. The monoisotopic (exact) mass is 230 g/mol. The molecule has 0 unspecified atom stereocenters. The minimum absolute atomic E-state index is 0.242. The maximum absolute atomic E-state index is 12.1. The Bertz CT molecular complexity index is 782. The number of carbonyl (C=O) groups excluding carboxylic acids is 1. The summed E-state index contributed by atoms with van der Waals surface area (Å²) in [6, 6.07) is 5.47. The van der Waals surface area contributed by atoms with Gasteiger partial charge in [-0.15, -0.1) is 0 Å².